The van der Waals surface area contributed by atoms with Gasteiger partial charge in [0, 0.05) is 29.8 Å². The number of unbranched alkanes of at least 4 members (excludes halogenated alkanes) is 3. The molecule has 0 saturated carbocycles. The molecular weight excluding hydrogens is 430 g/mol. The summed E-state index contributed by atoms with van der Waals surface area (Å²) in [6, 6.07) is 19.4. The first kappa shape index (κ1) is 24.8. The Bertz CT molecular complexity index is 1300. The van der Waals surface area contributed by atoms with Crippen molar-refractivity contribution < 1.29 is 4.79 Å². The number of benzene rings is 2. The van der Waals surface area contributed by atoms with Gasteiger partial charge < -0.3 is 9.36 Å². The van der Waals surface area contributed by atoms with Gasteiger partial charge in [0.1, 0.15) is 11.3 Å². The van der Waals surface area contributed by atoms with E-state index in [0.29, 0.717) is 12.3 Å². The summed E-state index contributed by atoms with van der Waals surface area (Å²) in [6.07, 6.45) is 4.95. The lowest BCUT2D eigenvalue weighted by atomic mass is 10.0. The highest BCUT2D eigenvalue weighted by molar-refractivity contribution is 5.86. The van der Waals surface area contributed by atoms with Gasteiger partial charge in [-0.2, -0.15) is 0 Å². The van der Waals surface area contributed by atoms with E-state index >= 15 is 0 Å². The molecule has 0 aliphatic rings. The van der Waals surface area contributed by atoms with Crippen molar-refractivity contribution in [3.8, 4) is 22.5 Å². The summed E-state index contributed by atoms with van der Waals surface area (Å²) in [5, 5.41) is 0. The molecule has 4 rings (SSSR count). The predicted molar refractivity (Wildman–Crippen MR) is 146 cm³/mol. The molecule has 0 N–H and O–H groups in total. The van der Waals surface area contributed by atoms with Crippen molar-refractivity contribution in [3.05, 3.63) is 71.4 Å². The van der Waals surface area contributed by atoms with Crippen LogP contribution in [0.25, 0.3) is 33.7 Å². The van der Waals surface area contributed by atoms with Crippen LogP contribution in [0.1, 0.15) is 75.6 Å². The van der Waals surface area contributed by atoms with Crippen molar-refractivity contribution in [2.75, 3.05) is 0 Å². The third-order valence-electron chi connectivity index (χ3n) is 6.66. The normalized spacial score (nSPS) is 11.5. The number of Topliss-reactive ketones (excluding diaryl/α,β-unsaturated/α-hetero) is 1. The molecule has 0 atom stereocenters. The first-order valence-electron chi connectivity index (χ1n) is 12.9. The van der Waals surface area contributed by atoms with Crippen molar-refractivity contribution in [3.63, 3.8) is 0 Å². The minimum absolute atomic E-state index is 0.284. The Labute approximate surface area is 209 Å². The molecule has 4 aromatic rings. The zero-order valence-corrected chi connectivity index (χ0v) is 21.8. The second kappa shape index (κ2) is 11.0. The van der Waals surface area contributed by atoms with Gasteiger partial charge in [-0.25, -0.2) is 9.97 Å². The van der Waals surface area contributed by atoms with Gasteiger partial charge in [-0.3, -0.25) is 0 Å². The summed E-state index contributed by atoms with van der Waals surface area (Å²) in [7, 11) is 0. The highest BCUT2D eigenvalue weighted by Crippen LogP contribution is 2.33. The van der Waals surface area contributed by atoms with Gasteiger partial charge in [-0.05, 0) is 45.6 Å². The molecule has 0 fully saturated rings. The molecule has 0 aliphatic heterocycles. The molecule has 4 nitrogen and oxygen atoms in total. The summed E-state index contributed by atoms with van der Waals surface area (Å²) in [6.45, 7) is 11.3. The summed E-state index contributed by atoms with van der Waals surface area (Å²) < 4.78 is 2.37. The molecular formula is C31H37N3O. The third kappa shape index (κ3) is 5.87. The Balaban J connectivity index is 1.76. The number of carbonyl (C=O) groups excluding carboxylic acids is 1. The number of rotatable bonds is 10. The van der Waals surface area contributed by atoms with Crippen LogP contribution in [0.2, 0.25) is 0 Å². The predicted octanol–water partition coefficient (Wildman–Crippen LogP) is 8.05. The maximum atomic E-state index is 11.2. The number of aromatic nitrogens is 3. The monoisotopic (exact) mass is 467 g/mol. The van der Waals surface area contributed by atoms with Crippen LogP contribution in [-0.4, -0.2) is 20.3 Å². The fraction of sp³-hybridized carbons (Fsp3) is 0.387. The number of hydrogen-bond acceptors (Lipinski definition) is 3. The van der Waals surface area contributed by atoms with Gasteiger partial charge in [0.25, 0.3) is 0 Å². The topological polar surface area (TPSA) is 47.8 Å². The summed E-state index contributed by atoms with van der Waals surface area (Å²) in [5.41, 5.74) is 9.69. The highest BCUT2D eigenvalue weighted by atomic mass is 16.1. The van der Waals surface area contributed by atoms with Crippen molar-refractivity contribution in [1.82, 2.24) is 14.5 Å². The Hall–Kier alpha value is -3.27. The van der Waals surface area contributed by atoms with Crippen LogP contribution in [0.3, 0.4) is 0 Å². The summed E-state index contributed by atoms with van der Waals surface area (Å²) >= 11 is 0. The zero-order valence-electron chi connectivity index (χ0n) is 21.8. The molecule has 2 heterocycles. The number of carbonyl (C=O) groups is 1. The Morgan fingerprint density at radius 1 is 0.800 bits per heavy atom. The lowest BCUT2D eigenvalue weighted by Gasteiger charge is -2.14. The van der Waals surface area contributed by atoms with E-state index in [-0.39, 0.29) is 5.78 Å². The van der Waals surface area contributed by atoms with Gasteiger partial charge >= 0.3 is 0 Å². The standard InChI is InChI=1S/C31H37N3O/c1-21(2)28-20-27-31(34(28)19-9-7-6-8-10-24(5)35)33-30(26-17-13-23(4)14-18-26)29(32-27)25-15-11-22(3)12-16-25/h11-18,20-21H,6-10,19H2,1-5H3. The molecule has 182 valence electrons. The summed E-state index contributed by atoms with van der Waals surface area (Å²) in [4.78, 5) is 21.7. The molecule has 0 saturated heterocycles. The number of ketones is 1. The Morgan fingerprint density at radius 3 is 1.89 bits per heavy atom. The average Bonchev–Trinajstić information content (AvgIpc) is 3.19. The van der Waals surface area contributed by atoms with E-state index in [1.54, 1.807) is 6.92 Å². The molecule has 2 aromatic carbocycles. The van der Waals surface area contributed by atoms with Crippen LogP contribution in [-0.2, 0) is 11.3 Å². The first-order chi connectivity index (χ1) is 16.8. The fourth-order valence-electron chi connectivity index (χ4n) is 4.61. The van der Waals surface area contributed by atoms with Crippen molar-refractivity contribution in [2.24, 2.45) is 0 Å². The minimum Gasteiger partial charge on any atom is -0.328 e. The van der Waals surface area contributed by atoms with E-state index in [1.807, 2.05) is 0 Å². The van der Waals surface area contributed by atoms with Gasteiger partial charge in [-0.1, -0.05) is 86.3 Å². The molecule has 0 amide bonds. The molecule has 0 unspecified atom stereocenters. The van der Waals surface area contributed by atoms with Gasteiger partial charge in [0.15, 0.2) is 5.65 Å². The maximum absolute atomic E-state index is 11.2. The fourth-order valence-corrected chi connectivity index (χ4v) is 4.61. The number of fused-ring (bicyclic) bond motifs is 1. The van der Waals surface area contributed by atoms with E-state index < -0.39 is 0 Å². The van der Waals surface area contributed by atoms with Crippen LogP contribution >= 0.6 is 0 Å². The molecule has 0 aliphatic carbocycles. The second-order valence-corrected chi connectivity index (χ2v) is 10.1. The average molecular weight is 468 g/mol. The molecule has 0 radical (unpaired) electrons. The van der Waals surface area contributed by atoms with E-state index in [2.05, 4.69) is 86.9 Å². The second-order valence-electron chi connectivity index (χ2n) is 10.1. The lowest BCUT2D eigenvalue weighted by molar-refractivity contribution is -0.117. The summed E-state index contributed by atoms with van der Waals surface area (Å²) in [5.74, 6) is 0.668. The van der Waals surface area contributed by atoms with E-state index in [9.17, 15) is 4.79 Å². The molecule has 0 spiro atoms. The smallest absolute Gasteiger partial charge is 0.159 e. The van der Waals surface area contributed by atoms with Crippen LogP contribution in [0.15, 0.2) is 54.6 Å². The third-order valence-corrected chi connectivity index (χ3v) is 6.66. The van der Waals surface area contributed by atoms with Crippen LogP contribution < -0.4 is 0 Å². The van der Waals surface area contributed by atoms with Crippen LogP contribution in [0.4, 0.5) is 0 Å². The van der Waals surface area contributed by atoms with Crippen molar-refractivity contribution in [2.45, 2.75) is 79.2 Å². The molecule has 4 heteroatoms. The van der Waals surface area contributed by atoms with E-state index in [0.717, 1.165) is 65.9 Å². The van der Waals surface area contributed by atoms with Crippen molar-refractivity contribution >= 4 is 16.9 Å². The Morgan fingerprint density at radius 2 is 1.34 bits per heavy atom. The lowest BCUT2D eigenvalue weighted by Crippen LogP contribution is -2.06. The van der Waals surface area contributed by atoms with E-state index in [4.69, 9.17) is 9.97 Å². The van der Waals surface area contributed by atoms with Crippen molar-refractivity contribution in [1.29, 1.82) is 0 Å². The maximum Gasteiger partial charge on any atom is 0.159 e. The molecule has 2 aromatic heterocycles. The quantitative estimate of drug-likeness (QED) is 0.222. The molecule has 35 heavy (non-hydrogen) atoms. The van der Waals surface area contributed by atoms with Gasteiger partial charge in [0.05, 0.1) is 11.4 Å². The first-order valence-corrected chi connectivity index (χ1v) is 12.9. The largest absolute Gasteiger partial charge is 0.328 e. The number of hydrogen-bond donors (Lipinski definition) is 0. The number of aryl methyl sites for hydroxylation is 3. The minimum atomic E-state index is 0.284. The Kier molecular flexibility index (Phi) is 7.80. The van der Waals surface area contributed by atoms with Crippen LogP contribution in [0.5, 0.6) is 0 Å². The van der Waals surface area contributed by atoms with E-state index in [1.165, 1.54) is 16.8 Å². The van der Waals surface area contributed by atoms with Crippen LogP contribution in [0, 0.1) is 13.8 Å². The SMILES string of the molecule is CC(=O)CCCCCCn1c(C(C)C)cc2nc(-c3ccc(C)cc3)c(-c3ccc(C)cc3)nc21. The zero-order chi connectivity index (χ0) is 24.9. The highest BCUT2D eigenvalue weighted by Gasteiger charge is 2.19. The number of nitrogens with zero attached hydrogens (tertiary/aromatic N) is 3. The van der Waals surface area contributed by atoms with Gasteiger partial charge in [-0.15, -0.1) is 0 Å². The van der Waals surface area contributed by atoms with Gasteiger partial charge in [0.2, 0.25) is 0 Å². The molecule has 0 bridgehead atoms.